The molecule has 0 saturated heterocycles. The highest BCUT2D eigenvalue weighted by molar-refractivity contribution is 5.64. The lowest BCUT2D eigenvalue weighted by atomic mass is 10.2. The molecule has 5 nitrogen and oxygen atoms in total. The first-order valence-corrected chi connectivity index (χ1v) is 8.11. The molecule has 0 amide bonds. The molecule has 26 heavy (non-hydrogen) atoms. The van der Waals surface area contributed by atoms with E-state index in [0.29, 0.717) is 11.4 Å². The standard InChI is InChI=1S/C18H22F3N3O2/c1-6-25-16-22-11-14(18(19,20)21)15(23-16)24(5)12-8-7-9-13(10-12)26-17(2,3)4/h7-11H,6H2,1-5H3. The molecule has 0 radical (unpaired) electrons. The Morgan fingerprint density at radius 3 is 2.42 bits per heavy atom. The van der Waals surface area contributed by atoms with Crippen LogP contribution in [0.1, 0.15) is 33.3 Å². The van der Waals surface area contributed by atoms with E-state index in [4.69, 9.17) is 9.47 Å². The van der Waals surface area contributed by atoms with Gasteiger partial charge in [0.1, 0.15) is 16.9 Å². The summed E-state index contributed by atoms with van der Waals surface area (Å²) in [4.78, 5) is 8.91. The fourth-order valence-electron chi connectivity index (χ4n) is 2.24. The first-order valence-electron chi connectivity index (χ1n) is 8.11. The number of halogens is 3. The van der Waals surface area contributed by atoms with E-state index < -0.39 is 17.3 Å². The largest absolute Gasteiger partial charge is 0.488 e. The number of anilines is 2. The molecule has 0 atom stereocenters. The smallest absolute Gasteiger partial charge is 0.421 e. The Kier molecular flexibility index (Phi) is 5.63. The summed E-state index contributed by atoms with van der Waals surface area (Å²) in [6.07, 6.45) is -3.85. The first-order chi connectivity index (χ1) is 12.0. The van der Waals surface area contributed by atoms with Crippen molar-refractivity contribution in [3.63, 3.8) is 0 Å². The average molecular weight is 369 g/mol. The van der Waals surface area contributed by atoms with Crippen molar-refractivity contribution >= 4 is 11.5 Å². The van der Waals surface area contributed by atoms with Gasteiger partial charge in [-0.15, -0.1) is 0 Å². The zero-order chi connectivity index (χ0) is 19.5. The minimum Gasteiger partial charge on any atom is -0.488 e. The molecule has 142 valence electrons. The van der Waals surface area contributed by atoms with Crippen LogP contribution in [-0.2, 0) is 6.18 Å². The van der Waals surface area contributed by atoms with E-state index >= 15 is 0 Å². The Bertz CT molecular complexity index is 758. The number of nitrogens with zero attached hydrogens (tertiary/aromatic N) is 3. The van der Waals surface area contributed by atoms with E-state index in [1.54, 1.807) is 31.2 Å². The molecule has 0 spiro atoms. The molecule has 0 N–H and O–H groups in total. The third-order valence-electron chi connectivity index (χ3n) is 3.27. The average Bonchev–Trinajstić information content (AvgIpc) is 2.52. The molecule has 2 rings (SSSR count). The van der Waals surface area contributed by atoms with E-state index in [9.17, 15) is 13.2 Å². The summed E-state index contributed by atoms with van der Waals surface area (Å²) in [5, 5.41) is 0. The molecule has 0 unspecified atom stereocenters. The van der Waals surface area contributed by atoms with Gasteiger partial charge in [0.05, 0.1) is 6.61 Å². The summed E-state index contributed by atoms with van der Waals surface area (Å²) in [7, 11) is 1.50. The van der Waals surface area contributed by atoms with Crippen LogP contribution in [0.3, 0.4) is 0 Å². The van der Waals surface area contributed by atoms with Crippen LogP contribution in [0.5, 0.6) is 11.8 Å². The van der Waals surface area contributed by atoms with Crippen molar-refractivity contribution < 1.29 is 22.6 Å². The molecule has 0 aliphatic heterocycles. The van der Waals surface area contributed by atoms with Gasteiger partial charge in [0.2, 0.25) is 0 Å². The number of alkyl halides is 3. The van der Waals surface area contributed by atoms with Crippen LogP contribution < -0.4 is 14.4 Å². The number of benzene rings is 1. The van der Waals surface area contributed by atoms with Gasteiger partial charge in [0, 0.05) is 25.0 Å². The molecular weight excluding hydrogens is 347 g/mol. The molecule has 0 bridgehead atoms. The molecule has 1 heterocycles. The zero-order valence-electron chi connectivity index (χ0n) is 15.4. The Balaban J connectivity index is 2.46. The van der Waals surface area contributed by atoms with Gasteiger partial charge in [0.25, 0.3) is 0 Å². The molecule has 0 aliphatic carbocycles. The maximum Gasteiger partial charge on any atom is 0.421 e. The van der Waals surface area contributed by atoms with Gasteiger partial charge >= 0.3 is 12.2 Å². The third-order valence-corrected chi connectivity index (χ3v) is 3.27. The van der Waals surface area contributed by atoms with Crippen LogP contribution in [0.2, 0.25) is 0 Å². The fourth-order valence-corrected chi connectivity index (χ4v) is 2.24. The second kappa shape index (κ2) is 7.39. The third kappa shape index (κ3) is 5.00. The van der Waals surface area contributed by atoms with Gasteiger partial charge < -0.3 is 14.4 Å². The second-order valence-corrected chi connectivity index (χ2v) is 6.59. The summed E-state index contributed by atoms with van der Waals surface area (Å²) >= 11 is 0. The predicted octanol–water partition coefficient (Wildman–Crippen LogP) is 4.84. The van der Waals surface area contributed by atoms with Crippen molar-refractivity contribution in [1.82, 2.24) is 9.97 Å². The van der Waals surface area contributed by atoms with Gasteiger partial charge in [-0.25, -0.2) is 4.98 Å². The number of hydrogen-bond acceptors (Lipinski definition) is 5. The molecular formula is C18H22F3N3O2. The van der Waals surface area contributed by atoms with Crippen LogP contribution in [0, 0.1) is 0 Å². The Morgan fingerprint density at radius 1 is 1.15 bits per heavy atom. The Labute approximate surface area is 150 Å². The normalized spacial score (nSPS) is 12.0. The van der Waals surface area contributed by atoms with Gasteiger partial charge in [-0.05, 0) is 39.8 Å². The monoisotopic (exact) mass is 369 g/mol. The maximum absolute atomic E-state index is 13.4. The van der Waals surface area contributed by atoms with Crippen molar-refractivity contribution in [3.8, 4) is 11.8 Å². The van der Waals surface area contributed by atoms with Crippen LogP contribution in [-0.4, -0.2) is 29.2 Å². The van der Waals surface area contributed by atoms with Gasteiger partial charge in [-0.3, -0.25) is 0 Å². The number of aromatic nitrogens is 2. The molecule has 8 heteroatoms. The van der Waals surface area contributed by atoms with Crippen LogP contribution in [0.25, 0.3) is 0 Å². The SMILES string of the molecule is CCOc1ncc(C(F)(F)F)c(N(C)c2cccc(OC(C)(C)C)c2)n1. The van der Waals surface area contributed by atoms with E-state index in [-0.39, 0.29) is 18.4 Å². The van der Waals surface area contributed by atoms with Gasteiger partial charge in [-0.2, -0.15) is 18.2 Å². The summed E-state index contributed by atoms with van der Waals surface area (Å²) < 4.78 is 51.0. The van der Waals surface area contributed by atoms with Crippen molar-refractivity contribution in [2.24, 2.45) is 0 Å². The van der Waals surface area contributed by atoms with E-state index in [0.717, 1.165) is 6.20 Å². The highest BCUT2D eigenvalue weighted by Gasteiger charge is 2.36. The van der Waals surface area contributed by atoms with E-state index in [2.05, 4.69) is 9.97 Å². The zero-order valence-corrected chi connectivity index (χ0v) is 15.4. The highest BCUT2D eigenvalue weighted by atomic mass is 19.4. The second-order valence-electron chi connectivity index (χ2n) is 6.59. The molecule has 0 saturated carbocycles. The topological polar surface area (TPSA) is 47.5 Å². The van der Waals surface area contributed by atoms with Gasteiger partial charge in [0.15, 0.2) is 5.82 Å². The van der Waals surface area contributed by atoms with Gasteiger partial charge in [-0.1, -0.05) is 6.07 Å². The summed E-state index contributed by atoms with van der Waals surface area (Å²) in [5.74, 6) is 0.262. The molecule has 0 fully saturated rings. The summed E-state index contributed by atoms with van der Waals surface area (Å²) in [6.45, 7) is 7.64. The van der Waals surface area contributed by atoms with E-state index in [1.807, 2.05) is 20.8 Å². The predicted molar refractivity (Wildman–Crippen MR) is 93.1 cm³/mol. The summed E-state index contributed by atoms with van der Waals surface area (Å²) in [6, 6.07) is 6.69. The quantitative estimate of drug-likeness (QED) is 0.755. The Hall–Kier alpha value is -2.51. The lowest BCUT2D eigenvalue weighted by Crippen LogP contribution is -2.23. The number of rotatable bonds is 5. The number of hydrogen-bond donors (Lipinski definition) is 0. The molecule has 1 aromatic heterocycles. The number of ether oxygens (including phenoxy) is 2. The van der Waals surface area contributed by atoms with Crippen molar-refractivity contribution in [2.45, 2.75) is 39.5 Å². The highest BCUT2D eigenvalue weighted by Crippen LogP contribution is 2.38. The van der Waals surface area contributed by atoms with Crippen molar-refractivity contribution in [2.75, 3.05) is 18.6 Å². The lowest BCUT2D eigenvalue weighted by molar-refractivity contribution is -0.137. The molecule has 2 aromatic rings. The van der Waals surface area contributed by atoms with Crippen molar-refractivity contribution in [1.29, 1.82) is 0 Å². The van der Waals surface area contributed by atoms with Crippen LogP contribution in [0.4, 0.5) is 24.7 Å². The molecule has 0 aliphatic rings. The maximum atomic E-state index is 13.4. The minimum absolute atomic E-state index is 0.107. The Morgan fingerprint density at radius 2 is 1.85 bits per heavy atom. The summed E-state index contributed by atoms with van der Waals surface area (Å²) in [5.41, 5.74) is -0.866. The van der Waals surface area contributed by atoms with Crippen molar-refractivity contribution in [3.05, 3.63) is 36.0 Å². The fraction of sp³-hybridized carbons (Fsp3) is 0.444. The molecule has 1 aromatic carbocycles. The minimum atomic E-state index is -4.59. The lowest BCUT2D eigenvalue weighted by Gasteiger charge is -2.25. The van der Waals surface area contributed by atoms with Crippen LogP contribution in [0.15, 0.2) is 30.5 Å². The van der Waals surface area contributed by atoms with Crippen LogP contribution >= 0.6 is 0 Å². The van der Waals surface area contributed by atoms with E-state index in [1.165, 1.54) is 11.9 Å². The first kappa shape index (κ1) is 19.8.